The van der Waals surface area contributed by atoms with Gasteiger partial charge in [0.2, 0.25) is 5.69 Å². The highest BCUT2D eigenvalue weighted by Gasteiger charge is 2.14. The molecule has 0 fully saturated rings. The molecular weight excluding hydrogens is 317 g/mol. The van der Waals surface area contributed by atoms with Gasteiger partial charge < -0.3 is 35.1 Å². The van der Waals surface area contributed by atoms with Gasteiger partial charge in [0.05, 0.1) is 13.6 Å². The number of H-pyrrole nitrogens is 2. The van der Waals surface area contributed by atoms with E-state index in [1.807, 2.05) is 0 Å². The van der Waals surface area contributed by atoms with E-state index in [0.29, 0.717) is 0 Å². The number of rotatable bonds is 5. The van der Waals surface area contributed by atoms with Crippen LogP contribution < -0.4 is 35.1 Å². The minimum atomic E-state index is 0. The third kappa shape index (κ3) is 3.54. The van der Waals surface area contributed by atoms with Gasteiger partial charge in [0, 0.05) is 28.8 Å². The Morgan fingerprint density at radius 3 is 2.68 bits per heavy atom. The van der Waals surface area contributed by atoms with Gasteiger partial charge in [0.25, 0.3) is 0 Å². The van der Waals surface area contributed by atoms with Crippen LogP contribution in [0.5, 0.6) is 0 Å². The van der Waals surface area contributed by atoms with E-state index in [4.69, 9.17) is 0 Å². The van der Waals surface area contributed by atoms with E-state index in [0.717, 1.165) is 6.42 Å². The second-order valence-corrected chi connectivity index (χ2v) is 5.51. The van der Waals surface area contributed by atoms with Crippen LogP contribution in [0.1, 0.15) is 24.1 Å². The lowest BCUT2D eigenvalue weighted by Crippen LogP contribution is -3.00. The van der Waals surface area contributed by atoms with Gasteiger partial charge >= 0.3 is 0 Å². The quantitative estimate of drug-likeness (QED) is 0.445. The molecule has 3 nitrogen and oxygen atoms in total. The smallest absolute Gasteiger partial charge is 0.200 e. The number of halogens is 2. The number of benzene rings is 1. The summed E-state index contributed by atoms with van der Waals surface area (Å²) < 4.78 is 0. The molecule has 2 aromatic heterocycles. The van der Waals surface area contributed by atoms with Crippen LogP contribution in [0, 0.1) is 6.92 Å². The van der Waals surface area contributed by atoms with Crippen LogP contribution in [0.2, 0.25) is 0 Å². The fourth-order valence-electron chi connectivity index (χ4n) is 2.96. The van der Waals surface area contributed by atoms with E-state index in [9.17, 15) is 0 Å². The van der Waals surface area contributed by atoms with Gasteiger partial charge in [0.1, 0.15) is 5.52 Å². The third-order valence-electron chi connectivity index (χ3n) is 4.05. The summed E-state index contributed by atoms with van der Waals surface area (Å²) >= 11 is 0. The maximum absolute atomic E-state index is 3.55. The molecule has 0 saturated carbocycles. The number of para-hydroxylation sites is 1. The monoisotopic (exact) mass is 339 g/mol. The minimum absolute atomic E-state index is 0. The molecule has 4 N–H and O–H groups in total. The predicted molar refractivity (Wildman–Crippen MR) is 82.8 cm³/mol. The molecule has 3 rings (SSSR count). The molecule has 22 heavy (non-hydrogen) atoms. The fraction of sp³-hybridized carbons (Fsp3) is 0.353. The predicted octanol–water partition coefficient (Wildman–Crippen LogP) is -4.03. The van der Waals surface area contributed by atoms with Crippen molar-refractivity contribution >= 4 is 21.8 Å². The number of quaternary nitrogens is 1. The average Bonchev–Trinajstić information content (AvgIpc) is 2.86. The summed E-state index contributed by atoms with van der Waals surface area (Å²) in [5, 5.41) is 5.00. The fourth-order valence-corrected chi connectivity index (χ4v) is 2.96. The molecule has 120 valence electrons. The SMILES string of the molecule is C[NH2+]CCCCc1c[nH+]c(C)c2[nH]c3ccccc3c12.[Cl-].[Cl-]. The number of aryl methyl sites for hydroxylation is 2. The summed E-state index contributed by atoms with van der Waals surface area (Å²) in [6, 6.07) is 8.59. The maximum atomic E-state index is 3.55. The molecule has 0 atom stereocenters. The van der Waals surface area contributed by atoms with Gasteiger partial charge in [-0.15, -0.1) is 0 Å². The molecule has 0 radical (unpaired) electrons. The Bertz CT molecular complexity index is 737. The molecule has 0 bridgehead atoms. The summed E-state index contributed by atoms with van der Waals surface area (Å²) in [5.74, 6) is 0. The van der Waals surface area contributed by atoms with E-state index >= 15 is 0 Å². The molecule has 0 amide bonds. The molecule has 0 unspecified atom stereocenters. The van der Waals surface area contributed by atoms with E-state index in [-0.39, 0.29) is 24.8 Å². The van der Waals surface area contributed by atoms with E-state index < -0.39 is 0 Å². The number of nitrogens with one attached hydrogen (secondary N) is 2. The number of hydrogen-bond acceptors (Lipinski definition) is 0. The van der Waals surface area contributed by atoms with E-state index in [1.54, 1.807) is 0 Å². The number of aromatic amines is 2. The highest BCUT2D eigenvalue weighted by atomic mass is 35.5. The van der Waals surface area contributed by atoms with Crippen molar-refractivity contribution in [2.45, 2.75) is 26.2 Å². The highest BCUT2D eigenvalue weighted by molar-refractivity contribution is 6.09. The molecule has 3 aromatic rings. The lowest BCUT2D eigenvalue weighted by molar-refractivity contribution is -0.627. The van der Waals surface area contributed by atoms with Gasteiger partial charge in [-0.1, -0.05) is 18.2 Å². The first-order valence-electron chi connectivity index (χ1n) is 7.49. The second-order valence-electron chi connectivity index (χ2n) is 5.51. The molecule has 2 heterocycles. The Morgan fingerprint density at radius 1 is 1.14 bits per heavy atom. The largest absolute Gasteiger partial charge is 1.00 e. The molecule has 5 heteroatoms. The van der Waals surface area contributed by atoms with Crippen molar-refractivity contribution in [2.75, 3.05) is 13.6 Å². The normalized spacial score (nSPS) is 10.5. The van der Waals surface area contributed by atoms with Gasteiger partial charge in [-0.05, 0) is 25.3 Å². The van der Waals surface area contributed by atoms with Crippen molar-refractivity contribution in [2.24, 2.45) is 0 Å². The Balaban J connectivity index is 0.00000121. The minimum Gasteiger partial charge on any atom is -1.00 e. The number of pyridine rings is 1. The Kier molecular flexibility index (Phi) is 7.14. The molecule has 0 aliphatic rings. The first kappa shape index (κ1) is 18.8. The van der Waals surface area contributed by atoms with Crippen molar-refractivity contribution in [1.82, 2.24) is 4.98 Å². The van der Waals surface area contributed by atoms with Crippen molar-refractivity contribution < 1.29 is 35.1 Å². The number of fused-ring (bicyclic) bond motifs is 3. The van der Waals surface area contributed by atoms with Gasteiger partial charge in [-0.3, -0.25) is 0 Å². The Hall–Kier alpha value is -1.29. The van der Waals surface area contributed by atoms with Gasteiger partial charge in [-0.25, -0.2) is 4.98 Å². The number of nitrogens with two attached hydrogens (primary N) is 1. The zero-order chi connectivity index (χ0) is 13.9. The molecule has 0 aliphatic heterocycles. The van der Waals surface area contributed by atoms with Crippen LogP contribution in [-0.4, -0.2) is 18.6 Å². The molecular formula is C17H23Cl2N3. The van der Waals surface area contributed by atoms with Crippen LogP contribution in [0.4, 0.5) is 0 Å². The number of unbranched alkanes of at least 4 members (excludes halogenated alkanes) is 1. The van der Waals surface area contributed by atoms with Crippen molar-refractivity contribution in [3.8, 4) is 0 Å². The molecule has 0 spiro atoms. The molecule has 0 saturated heterocycles. The van der Waals surface area contributed by atoms with Crippen LogP contribution >= 0.6 is 0 Å². The number of hydrogen-bond donors (Lipinski definition) is 2. The van der Waals surface area contributed by atoms with Crippen molar-refractivity contribution in [3.63, 3.8) is 0 Å². The lowest BCUT2D eigenvalue weighted by Gasteiger charge is -2.02. The third-order valence-corrected chi connectivity index (χ3v) is 4.05. The van der Waals surface area contributed by atoms with Gasteiger partial charge in [-0.2, -0.15) is 0 Å². The highest BCUT2D eigenvalue weighted by Crippen LogP contribution is 2.29. The van der Waals surface area contributed by atoms with Crippen molar-refractivity contribution in [1.29, 1.82) is 0 Å². The van der Waals surface area contributed by atoms with E-state index in [2.05, 4.69) is 59.7 Å². The summed E-state index contributed by atoms with van der Waals surface area (Å²) in [4.78, 5) is 6.96. The van der Waals surface area contributed by atoms with Crippen molar-refractivity contribution in [3.05, 3.63) is 41.7 Å². The Labute approximate surface area is 143 Å². The average molecular weight is 340 g/mol. The van der Waals surface area contributed by atoms with Crippen LogP contribution in [0.25, 0.3) is 21.8 Å². The second kappa shape index (κ2) is 8.37. The summed E-state index contributed by atoms with van der Waals surface area (Å²) in [5.41, 5.74) is 5.13. The summed E-state index contributed by atoms with van der Waals surface area (Å²) in [7, 11) is 2.14. The Morgan fingerprint density at radius 2 is 1.91 bits per heavy atom. The standard InChI is InChI=1S/C17H21N3.2ClH/c1-12-17-16(14-8-3-4-9-15(14)20-17)13(11-19-12)7-5-6-10-18-2;;/h3-4,8-9,11,18,20H,5-7,10H2,1-2H3;2*1H. The maximum Gasteiger partial charge on any atom is 0.200 e. The number of aromatic nitrogens is 2. The topological polar surface area (TPSA) is 46.5 Å². The van der Waals surface area contributed by atoms with E-state index in [1.165, 1.54) is 52.4 Å². The lowest BCUT2D eigenvalue weighted by atomic mass is 10.0. The molecule has 0 aliphatic carbocycles. The first-order chi connectivity index (χ1) is 9.81. The van der Waals surface area contributed by atoms with Crippen LogP contribution in [0.15, 0.2) is 30.5 Å². The zero-order valence-electron chi connectivity index (χ0n) is 13.0. The van der Waals surface area contributed by atoms with Gasteiger partial charge in [0.15, 0.2) is 6.20 Å². The zero-order valence-corrected chi connectivity index (χ0v) is 14.6. The first-order valence-corrected chi connectivity index (χ1v) is 7.49. The van der Waals surface area contributed by atoms with Crippen LogP contribution in [-0.2, 0) is 6.42 Å². The summed E-state index contributed by atoms with van der Waals surface area (Å²) in [6.07, 6.45) is 5.85. The molecule has 1 aromatic carbocycles. The summed E-state index contributed by atoms with van der Waals surface area (Å²) in [6.45, 7) is 3.35. The van der Waals surface area contributed by atoms with Crippen LogP contribution in [0.3, 0.4) is 0 Å².